The first-order valence-electron chi connectivity index (χ1n) is 12.7. The Balaban J connectivity index is 1.64. The van der Waals surface area contributed by atoms with Crippen LogP contribution in [0.3, 0.4) is 0 Å². The van der Waals surface area contributed by atoms with Crippen LogP contribution in [0.4, 0.5) is 0 Å². The third kappa shape index (κ3) is 4.13. The van der Waals surface area contributed by atoms with E-state index >= 15 is 0 Å². The highest BCUT2D eigenvalue weighted by Crippen LogP contribution is 2.23. The molecule has 174 valence electrons. The van der Waals surface area contributed by atoms with Crippen molar-refractivity contribution in [2.75, 3.05) is 0 Å². The van der Waals surface area contributed by atoms with Crippen molar-refractivity contribution in [2.24, 2.45) is 0 Å². The van der Waals surface area contributed by atoms with Gasteiger partial charge in [0.15, 0.2) is 10.9 Å². The van der Waals surface area contributed by atoms with Gasteiger partial charge in [0, 0.05) is 32.6 Å². The molecule has 0 aliphatic carbocycles. The summed E-state index contributed by atoms with van der Waals surface area (Å²) in [4.78, 5) is 33.7. The summed E-state index contributed by atoms with van der Waals surface area (Å²) in [6, 6.07) is 15.9. The van der Waals surface area contributed by atoms with Crippen LogP contribution < -0.4 is 10.9 Å². The Morgan fingerprint density at radius 2 is 0.941 bits per heavy atom. The van der Waals surface area contributed by atoms with E-state index in [-0.39, 0.29) is 10.9 Å². The van der Waals surface area contributed by atoms with Crippen molar-refractivity contribution in [1.82, 2.24) is 9.97 Å². The molecule has 0 bridgehead atoms. The van der Waals surface area contributed by atoms with Gasteiger partial charge < -0.3 is 9.97 Å². The second-order valence-electron chi connectivity index (χ2n) is 9.53. The van der Waals surface area contributed by atoms with Gasteiger partial charge in [-0.25, -0.2) is 0 Å². The van der Waals surface area contributed by atoms with Gasteiger partial charge in [-0.15, -0.1) is 0 Å². The summed E-state index contributed by atoms with van der Waals surface area (Å²) in [6.45, 7) is 4.39. The summed E-state index contributed by atoms with van der Waals surface area (Å²) in [5.41, 5.74) is 5.44. The van der Waals surface area contributed by atoms with E-state index in [1.165, 1.54) is 36.8 Å². The molecule has 0 fully saturated rings. The number of aromatic amines is 2. The second-order valence-corrected chi connectivity index (χ2v) is 9.53. The summed E-state index contributed by atoms with van der Waals surface area (Å²) in [6.07, 6.45) is 8.98. The number of H-pyrrole nitrogens is 2. The molecule has 2 N–H and O–H groups in total. The SMILES string of the molecule is CCCCCc1ccc2[nH]c3cc4c(=O)c5cc(CCCCC)ccc5[nH]c4cc3c(=O)c2c1. The van der Waals surface area contributed by atoms with Gasteiger partial charge >= 0.3 is 0 Å². The molecule has 0 amide bonds. The molecule has 0 aliphatic rings. The molecule has 34 heavy (non-hydrogen) atoms. The maximum atomic E-state index is 13.4. The highest BCUT2D eigenvalue weighted by Gasteiger charge is 2.12. The zero-order valence-corrected chi connectivity index (χ0v) is 20.1. The summed E-state index contributed by atoms with van der Waals surface area (Å²) in [5, 5.41) is 2.63. The van der Waals surface area contributed by atoms with E-state index in [0.29, 0.717) is 32.6 Å². The molecule has 0 atom stereocenters. The van der Waals surface area contributed by atoms with Crippen LogP contribution in [0.1, 0.15) is 63.5 Å². The molecule has 4 heteroatoms. The predicted molar refractivity (Wildman–Crippen MR) is 144 cm³/mol. The first kappa shape index (κ1) is 22.4. The Morgan fingerprint density at radius 3 is 1.35 bits per heavy atom. The number of aromatic nitrogens is 2. The molecule has 5 rings (SSSR count). The maximum Gasteiger partial charge on any atom is 0.197 e. The first-order chi connectivity index (χ1) is 16.6. The quantitative estimate of drug-likeness (QED) is 0.194. The van der Waals surface area contributed by atoms with Gasteiger partial charge in [-0.1, -0.05) is 51.7 Å². The fourth-order valence-corrected chi connectivity index (χ4v) is 5.01. The van der Waals surface area contributed by atoms with Crippen molar-refractivity contribution >= 4 is 43.6 Å². The van der Waals surface area contributed by atoms with E-state index in [4.69, 9.17) is 0 Å². The van der Waals surface area contributed by atoms with Crippen LogP contribution in [0.15, 0.2) is 58.1 Å². The highest BCUT2D eigenvalue weighted by molar-refractivity contribution is 6.02. The minimum Gasteiger partial charge on any atom is -0.354 e. The van der Waals surface area contributed by atoms with E-state index in [2.05, 4.69) is 35.9 Å². The minimum absolute atomic E-state index is 0.00945. The van der Waals surface area contributed by atoms with Crippen LogP contribution in [-0.4, -0.2) is 9.97 Å². The molecule has 0 radical (unpaired) electrons. The Hall–Kier alpha value is -3.40. The Bertz CT molecular complexity index is 1500. The summed E-state index contributed by atoms with van der Waals surface area (Å²) in [5.74, 6) is 0. The molecule has 0 unspecified atom stereocenters. The number of hydrogen-bond acceptors (Lipinski definition) is 2. The Kier molecular flexibility index (Phi) is 6.23. The molecule has 0 saturated carbocycles. The van der Waals surface area contributed by atoms with Gasteiger partial charge in [0.05, 0.1) is 11.0 Å². The first-order valence-corrected chi connectivity index (χ1v) is 12.7. The number of hydrogen-bond donors (Lipinski definition) is 2. The van der Waals surface area contributed by atoms with E-state index in [1.807, 2.05) is 36.4 Å². The highest BCUT2D eigenvalue weighted by atomic mass is 16.1. The topological polar surface area (TPSA) is 65.7 Å². The zero-order valence-electron chi connectivity index (χ0n) is 20.1. The average Bonchev–Trinajstić information content (AvgIpc) is 2.85. The number of benzene rings is 3. The molecule has 2 aromatic heterocycles. The van der Waals surface area contributed by atoms with E-state index in [9.17, 15) is 9.59 Å². The lowest BCUT2D eigenvalue weighted by atomic mass is 10.0. The zero-order chi connectivity index (χ0) is 23.7. The molecule has 5 aromatic rings. The maximum absolute atomic E-state index is 13.4. The largest absolute Gasteiger partial charge is 0.354 e. The number of rotatable bonds is 8. The Morgan fingerprint density at radius 1 is 0.529 bits per heavy atom. The third-order valence-corrected chi connectivity index (χ3v) is 6.98. The Labute approximate surface area is 199 Å². The predicted octanol–water partition coefficient (Wildman–Crippen LogP) is 7.14. The van der Waals surface area contributed by atoms with E-state index < -0.39 is 0 Å². The van der Waals surface area contributed by atoms with Gasteiger partial charge in [0.1, 0.15) is 0 Å². The molecule has 3 aromatic carbocycles. The summed E-state index contributed by atoms with van der Waals surface area (Å²) in [7, 11) is 0. The van der Waals surface area contributed by atoms with Gasteiger partial charge in [-0.05, 0) is 73.2 Å². The normalized spacial score (nSPS) is 11.8. The van der Waals surface area contributed by atoms with Gasteiger partial charge in [-0.2, -0.15) is 0 Å². The fraction of sp³-hybridized carbons (Fsp3) is 0.333. The van der Waals surface area contributed by atoms with Crippen LogP contribution in [0.2, 0.25) is 0 Å². The molecule has 0 saturated heterocycles. The molecule has 0 aliphatic heterocycles. The lowest BCUT2D eigenvalue weighted by Crippen LogP contribution is -2.08. The number of pyridine rings is 2. The van der Waals surface area contributed by atoms with Crippen molar-refractivity contribution in [1.29, 1.82) is 0 Å². The third-order valence-electron chi connectivity index (χ3n) is 6.98. The molecule has 4 nitrogen and oxygen atoms in total. The average molecular weight is 453 g/mol. The molecule has 2 heterocycles. The van der Waals surface area contributed by atoms with Crippen molar-refractivity contribution in [3.63, 3.8) is 0 Å². The van der Waals surface area contributed by atoms with Gasteiger partial charge in [0.25, 0.3) is 0 Å². The molecule has 0 spiro atoms. The number of nitrogens with one attached hydrogen (secondary N) is 2. The van der Waals surface area contributed by atoms with Crippen molar-refractivity contribution < 1.29 is 0 Å². The summed E-state index contributed by atoms with van der Waals surface area (Å²) < 4.78 is 0. The molecular weight excluding hydrogens is 420 g/mol. The standard InChI is InChI=1S/C30H32N2O2/c1-3-5-7-9-19-11-13-25-21(15-19)29(33)23-17-28-24(18-27(23)31-25)30(34)22-16-20(10-8-6-4-2)12-14-26(22)32-28/h11-18H,3-10H2,1-2H3,(H,31,33)(H,32,34). The minimum atomic E-state index is 0.00945. The number of aryl methyl sites for hydroxylation is 2. The summed E-state index contributed by atoms with van der Waals surface area (Å²) >= 11 is 0. The van der Waals surface area contributed by atoms with Gasteiger partial charge in [-0.3, -0.25) is 9.59 Å². The van der Waals surface area contributed by atoms with Crippen molar-refractivity contribution in [3.05, 3.63) is 80.1 Å². The van der Waals surface area contributed by atoms with Crippen LogP contribution in [0.5, 0.6) is 0 Å². The van der Waals surface area contributed by atoms with E-state index in [0.717, 1.165) is 36.7 Å². The monoisotopic (exact) mass is 452 g/mol. The van der Waals surface area contributed by atoms with Crippen LogP contribution >= 0.6 is 0 Å². The van der Waals surface area contributed by atoms with Gasteiger partial charge in [0.2, 0.25) is 0 Å². The lowest BCUT2D eigenvalue weighted by molar-refractivity contribution is 0.718. The number of unbranched alkanes of at least 4 members (excludes halogenated alkanes) is 4. The van der Waals surface area contributed by atoms with Crippen molar-refractivity contribution in [2.45, 2.75) is 65.2 Å². The number of fused-ring (bicyclic) bond motifs is 4. The van der Waals surface area contributed by atoms with E-state index in [1.54, 1.807) is 0 Å². The second kappa shape index (κ2) is 9.46. The lowest BCUT2D eigenvalue weighted by Gasteiger charge is -2.09. The smallest absolute Gasteiger partial charge is 0.197 e. The van der Waals surface area contributed by atoms with Crippen LogP contribution in [-0.2, 0) is 12.8 Å². The molecular formula is C30H32N2O2. The fourth-order valence-electron chi connectivity index (χ4n) is 5.01. The van der Waals surface area contributed by atoms with Crippen LogP contribution in [0.25, 0.3) is 43.6 Å². The van der Waals surface area contributed by atoms with Crippen LogP contribution in [0, 0.1) is 0 Å². The van der Waals surface area contributed by atoms with Crippen molar-refractivity contribution in [3.8, 4) is 0 Å².